The molecule has 3 rings (SSSR count). The highest BCUT2D eigenvalue weighted by Crippen LogP contribution is 2.29. The number of carbonyl (C=O) groups is 1. The second-order valence-electron chi connectivity index (χ2n) is 6.55. The first-order valence-corrected chi connectivity index (χ1v) is 9.15. The topological polar surface area (TPSA) is 59.2 Å². The van der Waals surface area contributed by atoms with E-state index in [1.165, 1.54) is 0 Å². The quantitative estimate of drug-likeness (QED) is 0.854. The number of amides is 1. The van der Waals surface area contributed by atoms with Gasteiger partial charge >= 0.3 is 0 Å². The van der Waals surface area contributed by atoms with E-state index in [-0.39, 0.29) is 23.7 Å². The second kappa shape index (κ2) is 6.83. The van der Waals surface area contributed by atoms with Gasteiger partial charge in [0.15, 0.2) is 5.82 Å². The molecule has 1 saturated heterocycles. The van der Waals surface area contributed by atoms with Crippen molar-refractivity contribution in [2.24, 2.45) is 0 Å². The van der Waals surface area contributed by atoms with Crippen molar-refractivity contribution in [2.45, 2.75) is 51.4 Å². The molecule has 0 radical (unpaired) electrons. The van der Waals surface area contributed by atoms with Gasteiger partial charge in [-0.15, -0.1) is 0 Å². The zero-order valence-corrected chi connectivity index (χ0v) is 14.7. The summed E-state index contributed by atoms with van der Waals surface area (Å²) >= 11 is 1.63. The first-order valence-electron chi connectivity index (χ1n) is 8.20. The lowest BCUT2D eigenvalue weighted by molar-refractivity contribution is -0.133. The predicted molar refractivity (Wildman–Crippen MR) is 89.7 cm³/mol. The Hall–Kier alpha value is -1.69. The van der Waals surface area contributed by atoms with Gasteiger partial charge in [-0.2, -0.15) is 16.3 Å². The van der Waals surface area contributed by atoms with Gasteiger partial charge in [0.05, 0.1) is 5.92 Å². The second-order valence-corrected chi connectivity index (χ2v) is 7.33. The molecule has 2 aromatic heterocycles. The van der Waals surface area contributed by atoms with E-state index in [1.54, 1.807) is 11.3 Å². The molecule has 0 bridgehead atoms. The highest BCUT2D eigenvalue weighted by Gasteiger charge is 2.30. The average molecular weight is 333 g/mol. The summed E-state index contributed by atoms with van der Waals surface area (Å²) in [5, 5.41) is 8.20. The third kappa shape index (κ3) is 3.47. The van der Waals surface area contributed by atoms with Crippen LogP contribution in [0.15, 0.2) is 21.3 Å². The van der Waals surface area contributed by atoms with Crippen molar-refractivity contribution in [1.82, 2.24) is 15.0 Å². The molecule has 1 amide bonds. The highest BCUT2D eigenvalue weighted by atomic mass is 32.1. The van der Waals surface area contributed by atoms with Crippen LogP contribution in [0.5, 0.6) is 0 Å². The van der Waals surface area contributed by atoms with Crippen LogP contribution >= 0.6 is 11.3 Å². The Morgan fingerprint density at radius 3 is 2.91 bits per heavy atom. The van der Waals surface area contributed by atoms with E-state index in [0.29, 0.717) is 12.4 Å². The zero-order valence-electron chi connectivity index (χ0n) is 13.9. The van der Waals surface area contributed by atoms with Crippen LogP contribution in [-0.4, -0.2) is 34.0 Å². The lowest BCUT2D eigenvalue weighted by Gasteiger charge is -2.33. The van der Waals surface area contributed by atoms with Crippen molar-refractivity contribution in [3.8, 4) is 0 Å². The number of nitrogens with zero attached hydrogens (tertiary/aromatic N) is 3. The maximum absolute atomic E-state index is 12.8. The van der Waals surface area contributed by atoms with E-state index >= 15 is 0 Å². The largest absolute Gasteiger partial charge is 0.341 e. The summed E-state index contributed by atoms with van der Waals surface area (Å²) in [6.45, 7) is 7.56. The number of piperidine rings is 1. The Bertz CT molecular complexity index is 651. The molecule has 1 aliphatic heterocycles. The van der Waals surface area contributed by atoms with Crippen LogP contribution < -0.4 is 0 Å². The van der Waals surface area contributed by atoms with Crippen molar-refractivity contribution in [3.63, 3.8) is 0 Å². The van der Waals surface area contributed by atoms with Gasteiger partial charge in [0.25, 0.3) is 0 Å². The van der Waals surface area contributed by atoms with Crippen LogP contribution in [0, 0.1) is 0 Å². The lowest BCUT2D eigenvalue weighted by atomic mass is 9.95. The summed E-state index contributed by atoms with van der Waals surface area (Å²) in [5.74, 6) is 1.94. The average Bonchev–Trinajstić information content (AvgIpc) is 3.25. The standard InChI is InChI=1S/C17H23N3O2S/c1-11(2)16-18-15(19-22-16)13-5-4-7-20(9-13)17(21)12(3)14-6-8-23-10-14/h6,8,10-13H,4-5,7,9H2,1-3H3/t12-,13-/m0/s1. The monoisotopic (exact) mass is 333 g/mol. The number of carbonyl (C=O) groups excluding carboxylic acids is 1. The summed E-state index contributed by atoms with van der Waals surface area (Å²) in [4.78, 5) is 19.2. The molecular weight excluding hydrogens is 310 g/mol. The number of hydrogen-bond donors (Lipinski definition) is 0. The number of hydrogen-bond acceptors (Lipinski definition) is 5. The van der Waals surface area contributed by atoms with E-state index < -0.39 is 0 Å². The fraction of sp³-hybridized carbons (Fsp3) is 0.588. The summed E-state index contributed by atoms with van der Waals surface area (Å²) < 4.78 is 5.32. The van der Waals surface area contributed by atoms with E-state index in [1.807, 2.05) is 37.1 Å². The molecule has 5 nitrogen and oxygen atoms in total. The van der Waals surface area contributed by atoms with Crippen molar-refractivity contribution in [1.29, 1.82) is 0 Å². The lowest BCUT2D eigenvalue weighted by Crippen LogP contribution is -2.41. The van der Waals surface area contributed by atoms with Crippen LogP contribution in [-0.2, 0) is 4.79 Å². The third-order valence-corrected chi connectivity index (χ3v) is 5.16. The first-order chi connectivity index (χ1) is 11.1. The van der Waals surface area contributed by atoms with Gasteiger partial charge in [0.2, 0.25) is 11.8 Å². The van der Waals surface area contributed by atoms with Gasteiger partial charge in [0, 0.05) is 24.9 Å². The van der Waals surface area contributed by atoms with Crippen molar-refractivity contribution >= 4 is 17.2 Å². The van der Waals surface area contributed by atoms with E-state index in [9.17, 15) is 4.79 Å². The molecule has 124 valence electrons. The van der Waals surface area contributed by atoms with E-state index in [2.05, 4.69) is 15.5 Å². The number of thiophene rings is 1. The Labute approximate surface area is 140 Å². The molecule has 0 unspecified atom stereocenters. The van der Waals surface area contributed by atoms with Crippen molar-refractivity contribution in [2.75, 3.05) is 13.1 Å². The number of likely N-dealkylation sites (tertiary alicyclic amines) is 1. The minimum absolute atomic E-state index is 0.0866. The summed E-state index contributed by atoms with van der Waals surface area (Å²) in [5.41, 5.74) is 1.10. The Morgan fingerprint density at radius 2 is 2.26 bits per heavy atom. The molecule has 1 aliphatic rings. The fourth-order valence-electron chi connectivity index (χ4n) is 2.97. The van der Waals surface area contributed by atoms with Crippen molar-refractivity contribution in [3.05, 3.63) is 34.1 Å². The van der Waals surface area contributed by atoms with Crippen LogP contribution in [0.4, 0.5) is 0 Å². The molecule has 0 aliphatic carbocycles. The fourth-order valence-corrected chi connectivity index (χ4v) is 3.73. The van der Waals surface area contributed by atoms with Crippen molar-refractivity contribution < 1.29 is 9.32 Å². The van der Waals surface area contributed by atoms with Gasteiger partial charge in [-0.3, -0.25) is 4.79 Å². The normalized spacial score (nSPS) is 20.0. The minimum atomic E-state index is -0.0866. The SMILES string of the molecule is CC(C)c1nc([C@H]2CCCN(C(=O)[C@@H](C)c3ccsc3)C2)no1. The molecule has 0 aromatic carbocycles. The molecule has 0 saturated carbocycles. The smallest absolute Gasteiger partial charge is 0.229 e. The number of rotatable bonds is 4. The predicted octanol–water partition coefficient (Wildman–Crippen LogP) is 3.76. The Kier molecular flexibility index (Phi) is 4.80. The maximum atomic E-state index is 12.8. The van der Waals surface area contributed by atoms with Gasteiger partial charge in [-0.25, -0.2) is 0 Å². The summed E-state index contributed by atoms with van der Waals surface area (Å²) in [7, 11) is 0. The first kappa shape index (κ1) is 16.2. The Morgan fingerprint density at radius 1 is 1.43 bits per heavy atom. The molecular formula is C17H23N3O2S. The van der Waals surface area contributed by atoms with Gasteiger partial charge in [-0.1, -0.05) is 19.0 Å². The van der Waals surface area contributed by atoms with Crippen LogP contribution in [0.25, 0.3) is 0 Å². The highest BCUT2D eigenvalue weighted by molar-refractivity contribution is 7.08. The van der Waals surface area contributed by atoms with Gasteiger partial charge in [0.1, 0.15) is 0 Å². The maximum Gasteiger partial charge on any atom is 0.229 e. The molecule has 1 fully saturated rings. The summed E-state index contributed by atoms with van der Waals surface area (Å²) in [6, 6.07) is 2.03. The van der Waals surface area contributed by atoms with E-state index in [0.717, 1.165) is 30.8 Å². The zero-order chi connectivity index (χ0) is 16.4. The molecule has 3 heterocycles. The summed E-state index contributed by atoms with van der Waals surface area (Å²) in [6.07, 6.45) is 1.99. The van der Waals surface area contributed by atoms with Crippen LogP contribution in [0.1, 0.15) is 68.6 Å². The third-order valence-electron chi connectivity index (χ3n) is 4.46. The molecule has 2 aromatic rings. The molecule has 0 spiro atoms. The van der Waals surface area contributed by atoms with Gasteiger partial charge in [-0.05, 0) is 42.2 Å². The number of aromatic nitrogens is 2. The van der Waals surface area contributed by atoms with Crippen LogP contribution in [0.2, 0.25) is 0 Å². The van der Waals surface area contributed by atoms with E-state index in [4.69, 9.17) is 4.52 Å². The molecule has 6 heteroatoms. The molecule has 0 N–H and O–H groups in total. The van der Waals surface area contributed by atoms with Crippen LogP contribution in [0.3, 0.4) is 0 Å². The Balaban J connectivity index is 1.69. The molecule has 23 heavy (non-hydrogen) atoms. The molecule has 2 atom stereocenters. The van der Waals surface area contributed by atoms with Gasteiger partial charge < -0.3 is 9.42 Å². The minimum Gasteiger partial charge on any atom is -0.341 e.